The number of hydrogen-bond donors (Lipinski definition) is 2. The number of nitrogens with zero attached hydrogens (tertiary/aromatic N) is 2. The van der Waals surface area contributed by atoms with Crippen LogP contribution >= 0.6 is 34.7 Å². The molecule has 0 radical (unpaired) electrons. The fraction of sp³-hybridized carbons (Fsp3) is 0.400. The summed E-state index contributed by atoms with van der Waals surface area (Å²) in [6.45, 7) is 2.95. The number of nitrogens with two attached hydrogens (primary N) is 1. The molecule has 0 saturated heterocycles. The van der Waals surface area contributed by atoms with Gasteiger partial charge in [0.05, 0.1) is 9.59 Å². The molecular weight excluding hydrogens is 292 g/mol. The molecule has 0 amide bonds. The molecule has 0 bridgehead atoms. The topological polar surface area (TPSA) is 76.7 Å². The average Bonchev–Trinajstić information content (AvgIpc) is 2.92. The number of halogens is 1. The first-order valence-electron chi connectivity index (χ1n) is 5.42. The molecule has 0 aromatic carbocycles. The standard InChI is InChI=1S/C10H13ClN4OS2/c1-2-15-9(16)13-14-10(15)18-7(5-12)6-3-4-8(11)17-6/h3-4,7H,2,5,12H2,1H3,(H,13,16). The van der Waals surface area contributed by atoms with Gasteiger partial charge in [-0.1, -0.05) is 23.4 Å². The van der Waals surface area contributed by atoms with E-state index in [9.17, 15) is 4.79 Å². The van der Waals surface area contributed by atoms with Gasteiger partial charge in [-0.05, 0) is 19.1 Å². The minimum atomic E-state index is -0.194. The second-order valence-electron chi connectivity index (χ2n) is 3.54. The van der Waals surface area contributed by atoms with Crippen molar-refractivity contribution in [2.45, 2.75) is 23.9 Å². The molecule has 8 heteroatoms. The van der Waals surface area contributed by atoms with Crippen LogP contribution in [-0.4, -0.2) is 21.3 Å². The number of aromatic nitrogens is 3. The van der Waals surface area contributed by atoms with E-state index in [1.54, 1.807) is 4.57 Å². The molecule has 0 aliphatic heterocycles. The zero-order valence-electron chi connectivity index (χ0n) is 9.72. The second-order valence-corrected chi connectivity index (χ2v) is 6.46. The van der Waals surface area contributed by atoms with Crippen LogP contribution in [-0.2, 0) is 6.54 Å². The van der Waals surface area contributed by atoms with Crippen LogP contribution in [0.3, 0.4) is 0 Å². The van der Waals surface area contributed by atoms with E-state index in [-0.39, 0.29) is 10.9 Å². The molecule has 98 valence electrons. The first-order valence-corrected chi connectivity index (χ1v) is 7.50. The van der Waals surface area contributed by atoms with E-state index in [0.717, 1.165) is 9.21 Å². The van der Waals surface area contributed by atoms with Gasteiger partial charge in [0.25, 0.3) is 0 Å². The number of nitrogens with one attached hydrogen (secondary N) is 1. The molecule has 1 atom stereocenters. The van der Waals surface area contributed by atoms with Gasteiger partial charge in [-0.2, -0.15) is 0 Å². The number of rotatable bonds is 5. The van der Waals surface area contributed by atoms with Gasteiger partial charge in [0.15, 0.2) is 5.16 Å². The van der Waals surface area contributed by atoms with Gasteiger partial charge in [0, 0.05) is 18.0 Å². The number of thioether (sulfide) groups is 1. The van der Waals surface area contributed by atoms with E-state index in [1.165, 1.54) is 23.1 Å². The zero-order chi connectivity index (χ0) is 13.1. The van der Waals surface area contributed by atoms with Gasteiger partial charge in [-0.3, -0.25) is 4.57 Å². The molecule has 18 heavy (non-hydrogen) atoms. The second kappa shape index (κ2) is 5.92. The fourth-order valence-corrected chi connectivity index (χ4v) is 3.85. The van der Waals surface area contributed by atoms with Gasteiger partial charge in [-0.15, -0.1) is 16.4 Å². The van der Waals surface area contributed by atoms with Crippen molar-refractivity contribution < 1.29 is 0 Å². The highest BCUT2D eigenvalue weighted by Crippen LogP contribution is 2.37. The Morgan fingerprint density at radius 3 is 3.00 bits per heavy atom. The number of thiophene rings is 1. The van der Waals surface area contributed by atoms with Gasteiger partial charge in [0.1, 0.15) is 0 Å². The van der Waals surface area contributed by atoms with Gasteiger partial charge < -0.3 is 5.73 Å². The maximum absolute atomic E-state index is 11.5. The summed E-state index contributed by atoms with van der Waals surface area (Å²) in [5, 5.41) is 7.17. The third-order valence-electron chi connectivity index (χ3n) is 2.41. The highest BCUT2D eigenvalue weighted by atomic mass is 35.5. The van der Waals surface area contributed by atoms with Gasteiger partial charge >= 0.3 is 5.69 Å². The van der Waals surface area contributed by atoms with Crippen molar-refractivity contribution in [2.24, 2.45) is 5.73 Å². The summed E-state index contributed by atoms with van der Waals surface area (Å²) in [5.74, 6) is 0. The Bertz CT molecular complexity index is 576. The van der Waals surface area contributed by atoms with Crippen LogP contribution in [0.4, 0.5) is 0 Å². The molecule has 2 rings (SSSR count). The number of H-pyrrole nitrogens is 1. The predicted octanol–water partition coefficient (Wildman–Crippen LogP) is 2.10. The van der Waals surface area contributed by atoms with Crippen LogP contribution in [0.25, 0.3) is 0 Å². The van der Waals surface area contributed by atoms with Crippen LogP contribution < -0.4 is 11.4 Å². The lowest BCUT2D eigenvalue weighted by Crippen LogP contribution is -2.17. The smallest absolute Gasteiger partial charge is 0.329 e. The maximum Gasteiger partial charge on any atom is 0.343 e. The molecule has 5 nitrogen and oxygen atoms in total. The van der Waals surface area contributed by atoms with E-state index < -0.39 is 0 Å². The predicted molar refractivity (Wildman–Crippen MR) is 75.5 cm³/mol. The number of aromatic amines is 1. The minimum absolute atomic E-state index is 0.0583. The van der Waals surface area contributed by atoms with Crippen molar-refractivity contribution in [1.29, 1.82) is 0 Å². The first-order chi connectivity index (χ1) is 8.65. The van der Waals surface area contributed by atoms with Crippen LogP contribution in [0.2, 0.25) is 4.34 Å². The van der Waals surface area contributed by atoms with E-state index >= 15 is 0 Å². The maximum atomic E-state index is 11.5. The lowest BCUT2D eigenvalue weighted by Gasteiger charge is -2.11. The van der Waals surface area contributed by atoms with Crippen molar-refractivity contribution in [3.8, 4) is 0 Å². The lowest BCUT2D eigenvalue weighted by atomic mass is 10.3. The summed E-state index contributed by atoms with van der Waals surface area (Å²) in [4.78, 5) is 12.6. The molecule has 3 N–H and O–H groups in total. The summed E-state index contributed by atoms with van der Waals surface area (Å²) in [7, 11) is 0. The van der Waals surface area contributed by atoms with Crippen LogP contribution in [0, 0.1) is 0 Å². The van der Waals surface area contributed by atoms with Crippen LogP contribution in [0.5, 0.6) is 0 Å². The van der Waals surface area contributed by atoms with Crippen LogP contribution in [0.1, 0.15) is 17.1 Å². The van der Waals surface area contributed by atoms with E-state index in [1.807, 2.05) is 19.1 Å². The van der Waals surface area contributed by atoms with Crippen molar-refractivity contribution >= 4 is 34.7 Å². The molecule has 0 aliphatic carbocycles. The highest BCUT2D eigenvalue weighted by molar-refractivity contribution is 7.99. The summed E-state index contributed by atoms with van der Waals surface area (Å²) in [6.07, 6.45) is 0. The zero-order valence-corrected chi connectivity index (χ0v) is 12.1. The fourth-order valence-electron chi connectivity index (χ4n) is 1.52. The largest absolute Gasteiger partial charge is 0.343 e. The summed E-state index contributed by atoms with van der Waals surface area (Å²) in [6, 6.07) is 3.81. The summed E-state index contributed by atoms with van der Waals surface area (Å²) in [5.41, 5.74) is 5.58. The summed E-state index contributed by atoms with van der Waals surface area (Å²) >= 11 is 8.89. The van der Waals surface area contributed by atoms with Crippen LogP contribution in [0.15, 0.2) is 22.1 Å². The Balaban J connectivity index is 2.23. The normalized spacial score (nSPS) is 12.8. The average molecular weight is 305 g/mol. The quantitative estimate of drug-likeness (QED) is 0.829. The van der Waals surface area contributed by atoms with Crippen molar-refractivity contribution in [1.82, 2.24) is 14.8 Å². The van der Waals surface area contributed by atoms with E-state index in [0.29, 0.717) is 18.2 Å². The molecule has 2 aromatic rings. The Kier molecular flexibility index (Phi) is 4.50. The lowest BCUT2D eigenvalue weighted by molar-refractivity contribution is 0.658. The van der Waals surface area contributed by atoms with E-state index in [2.05, 4.69) is 10.2 Å². The summed E-state index contributed by atoms with van der Waals surface area (Å²) < 4.78 is 2.32. The molecule has 1 unspecified atom stereocenters. The SMILES string of the molecule is CCn1c(SC(CN)c2ccc(Cl)s2)n[nH]c1=O. The highest BCUT2D eigenvalue weighted by Gasteiger charge is 2.18. The molecular formula is C10H13ClN4OS2. The van der Waals surface area contributed by atoms with Crippen molar-refractivity contribution in [3.05, 3.63) is 31.8 Å². The Labute approximate surface area is 117 Å². The van der Waals surface area contributed by atoms with E-state index in [4.69, 9.17) is 17.3 Å². The third-order valence-corrected chi connectivity index (χ3v) is 5.16. The number of hydrogen-bond acceptors (Lipinski definition) is 5. The molecule has 2 heterocycles. The van der Waals surface area contributed by atoms with Crippen molar-refractivity contribution in [2.75, 3.05) is 6.54 Å². The Hall–Kier alpha value is -0.760. The minimum Gasteiger partial charge on any atom is -0.329 e. The van der Waals surface area contributed by atoms with Gasteiger partial charge in [-0.25, -0.2) is 9.89 Å². The third kappa shape index (κ3) is 2.80. The van der Waals surface area contributed by atoms with Crippen molar-refractivity contribution in [3.63, 3.8) is 0 Å². The molecule has 0 saturated carbocycles. The molecule has 0 spiro atoms. The monoisotopic (exact) mass is 304 g/mol. The molecule has 0 fully saturated rings. The first kappa shape index (κ1) is 13.7. The van der Waals surface area contributed by atoms with Gasteiger partial charge in [0.2, 0.25) is 0 Å². The molecule has 0 aliphatic rings. The molecule has 2 aromatic heterocycles. The Morgan fingerprint density at radius 2 is 2.44 bits per heavy atom. The Morgan fingerprint density at radius 1 is 1.67 bits per heavy atom.